The van der Waals surface area contributed by atoms with Gasteiger partial charge >= 0.3 is 12.3 Å². The fourth-order valence-corrected chi connectivity index (χ4v) is 4.63. The van der Waals surface area contributed by atoms with E-state index in [-0.39, 0.29) is 37.3 Å². The summed E-state index contributed by atoms with van der Waals surface area (Å²) in [5.41, 5.74) is 4.14. The maximum Gasteiger partial charge on any atom is 0.416 e. The molecular weight excluding hydrogens is 510 g/mol. The predicted octanol–water partition coefficient (Wildman–Crippen LogP) is 2.80. The SMILES string of the molecule is NC(=O)CN1CCC(CNc2ncnc(N(Cc3ccc(C(F)(F)F)cc3)C3CC3)c2F)(NC(=O)O)CC1. The van der Waals surface area contributed by atoms with Crippen molar-refractivity contribution in [1.29, 1.82) is 0 Å². The number of piperidine rings is 1. The van der Waals surface area contributed by atoms with Crippen LogP contribution in [0.1, 0.15) is 36.8 Å². The van der Waals surface area contributed by atoms with E-state index in [0.717, 1.165) is 25.0 Å². The highest BCUT2D eigenvalue weighted by Crippen LogP contribution is 2.35. The van der Waals surface area contributed by atoms with Gasteiger partial charge in [0.2, 0.25) is 11.7 Å². The minimum atomic E-state index is -4.45. The van der Waals surface area contributed by atoms with Crippen LogP contribution < -0.4 is 21.3 Å². The molecule has 5 N–H and O–H groups in total. The van der Waals surface area contributed by atoms with Crippen LogP contribution in [0.4, 0.5) is 34.0 Å². The van der Waals surface area contributed by atoms with Crippen LogP contribution >= 0.6 is 0 Å². The number of nitrogens with zero attached hydrogens (tertiary/aromatic N) is 4. The largest absolute Gasteiger partial charge is 0.465 e. The number of nitrogens with one attached hydrogen (secondary N) is 2. The van der Waals surface area contributed by atoms with Crippen LogP contribution in [0.3, 0.4) is 0 Å². The summed E-state index contributed by atoms with van der Waals surface area (Å²) in [5, 5.41) is 14.8. The number of nitrogens with two attached hydrogens (primary N) is 1. The third-order valence-electron chi connectivity index (χ3n) is 6.82. The Kier molecular flexibility index (Phi) is 7.90. The molecule has 38 heavy (non-hydrogen) atoms. The van der Waals surface area contributed by atoms with E-state index < -0.39 is 35.1 Å². The second-order valence-corrected chi connectivity index (χ2v) is 9.72. The highest BCUT2D eigenvalue weighted by molar-refractivity contribution is 5.76. The van der Waals surface area contributed by atoms with E-state index in [1.54, 1.807) is 4.90 Å². The molecule has 1 aliphatic carbocycles. The number of benzene rings is 1. The molecule has 0 unspecified atom stereocenters. The van der Waals surface area contributed by atoms with E-state index in [2.05, 4.69) is 20.6 Å². The monoisotopic (exact) mass is 539 g/mol. The van der Waals surface area contributed by atoms with E-state index in [9.17, 15) is 27.9 Å². The maximum atomic E-state index is 15.6. The molecule has 0 radical (unpaired) electrons. The van der Waals surface area contributed by atoms with Crippen LogP contribution in [0.2, 0.25) is 0 Å². The first-order valence-electron chi connectivity index (χ1n) is 12.1. The first kappa shape index (κ1) is 27.4. The minimum absolute atomic E-state index is 0.0101. The Labute approximate surface area is 216 Å². The fourth-order valence-electron chi connectivity index (χ4n) is 4.63. The fraction of sp³-hybridized carbons (Fsp3) is 0.500. The third-order valence-corrected chi connectivity index (χ3v) is 6.82. The lowest BCUT2D eigenvalue weighted by Crippen LogP contribution is -2.59. The molecule has 1 saturated carbocycles. The second-order valence-electron chi connectivity index (χ2n) is 9.72. The molecular formula is C24H29F4N7O3. The Balaban J connectivity index is 1.48. The Hall–Kier alpha value is -3.68. The molecule has 0 atom stereocenters. The molecule has 2 aromatic rings. The normalized spacial score (nSPS) is 17.6. The topological polar surface area (TPSA) is 137 Å². The Bertz CT molecular complexity index is 1150. The summed E-state index contributed by atoms with van der Waals surface area (Å²) in [4.78, 5) is 34.3. The van der Waals surface area contributed by atoms with Gasteiger partial charge in [-0.3, -0.25) is 9.69 Å². The van der Waals surface area contributed by atoms with Gasteiger partial charge in [0, 0.05) is 32.2 Å². The summed E-state index contributed by atoms with van der Waals surface area (Å²) in [6.45, 7) is 1.11. The first-order valence-corrected chi connectivity index (χ1v) is 12.1. The van der Waals surface area contributed by atoms with E-state index in [0.29, 0.717) is 31.5 Å². The summed E-state index contributed by atoms with van der Waals surface area (Å²) in [7, 11) is 0. The number of alkyl halides is 3. The van der Waals surface area contributed by atoms with Gasteiger partial charge < -0.3 is 26.4 Å². The van der Waals surface area contributed by atoms with Crippen molar-refractivity contribution in [2.24, 2.45) is 5.73 Å². The number of aromatic nitrogens is 2. The molecule has 1 aromatic carbocycles. The molecule has 2 amide bonds. The summed E-state index contributed by atoms with van der Waals surface area (Å²) < 4.78 is 54.3. The first-order chi connectivity index (χ1) is 18.0. The van der Waals surface area contributed by atoms with Crippen molar-refractivity contribution in [1.82, 2.24) is 20.2 Å². The lowest BCUT2D eigenvalue weighted by atomic mass is 9.87. The molecule has 1 aromatic heterocycles. The van der Waals surface area contributed by atoms with Crippen molar-refractivity contribution >= 4 is 23.6 Å². The standard InChI is InChI=1S/C24H29F4N7O3/c25-19-20(30-13-23(33-22(37)38)7-9-34(10-8-23)12-18(29)36)31-14-32-21(19)35(17-5-6-17)11-15-1-3-16(4-2-15)24(26,27)28/h1-4,14,17,33H,5-13H2,(H2,29,36)(H,37,38)(H,30,31,32). The van der Waals surface area contributed by atoms with Crippen molar-refractivity contribution in [3.05, 3.63) is 47.5 Å². The van der Waals surface area contributed by atoms with Gasteiger partial charge in [0.15, 0.2) is 11.6 Å². The average Bonchev–Trinajstić information content (AvgIpc) is 3.68. The molecule has 2 heterocycles. The van der Waals surface area contributed by atoms with Gasteiger partial charge in [0.25, 0.3) is 0 Å². The molecule has 4 rings (SSSR count). The summed E-state index contributed by atoms with van der Waals surface area (Å²) in [5.74, 6) is -1.31. The van der Waals surface area contributed by atoms with Gasteiger partial charge in [-0.05, 0) is 43.4 Å². The van der Waals surface area contributed by atoms with E-state index in [1.807, 2.05) is 4.90 Å². The van der Waals surface area contributed by atoms with Gasteiger partial charge in [-0.1, -0.05) is 12.1 Å². The van der Waals surface area contributed by atoms with E-state index in [4.69, 9.17) is 5.73 Å². The van der Waals surface area contributed by atoms with Crippen LogP contribution in [-0.4, -0.2) is 69.7 Å². The summed E-state index contributed by atoms with van der Waals surface area (Å²) >= 11 is 0. The van der Waals surface area contributed by atoms with Gasteiger partial charge in [-0.2, -0.15) is 17.6 Å². The van der Waals surface area contributed by atoms with Crippen molar-refractivity contribution < 1.29 is 32.3 Å². The minimum Gasteiger partial charge on any atom is -0.465 e. The van der Waals surface area contributed by atoms with Gasteiger partial charge in [0.1, 0.15) is 6.33 Å². The molecule has 2 aliphatic rings. The number of primary amides is 1. The second kappa shape index (κ2) is 11.0. The zero-order chi connectivity index (χ0) is 27.5. The quantitative estimate of drug-likeness (QED) is 0.339. The van der Waals surface area contributed by atoms with Crippen LogP contribution in [0.5, 0.6) is 0 Å². The predicted molar refractivity (Wildman–Crippen MR) is 130 cm³/mol. The number of halogens is 4. The van der Waals surface area contributed by atoms with Gasteiger partial charge in [-0.25, -0.2) is 14.8 Å². The zero-order valence-electron chi connectivity index (χ0n) is 20.5. The highest BCUT2D eigenvalue weighted by atomic mass is 19.4. The molecule has 14 heteroatoms. The molecule has 1 aliphatic heterocycles. The molecule has 1 saturated heterocycles. The summed E-state index contributed by atoms with van der Waals surface area (Å²) in [6, 6.07) is 4.70. The smallest absolute Gasteiger partial charge is 0.416 e. The number of hydrogen-bond donors (Lipinski definition) is 4. The van der Waals surface area contributed by atoms with Crippen LogP contribution in [0.15, 0.2) is 30.6 Å². The number of carbonyl (C=O) groups is 2. The Morgan fingerprint density at radius 2 is 1.82 bits per heavy atom. The number of carboxylic acid groups (broad SMARTS) is 1. The van der Waals surface area contributed by atoms with E-state index >= 15 is 4.39 Å². The number of amides is 2. The Morgan fingerprint density at radius 3 is 2.37 bits per heavy atom. The van der Waals surface area contributed by atoms with Crippen molar-refractivity contribution in [2.75, 3.05) is 36.4 Å². The van der Waals surface area contributed by atoms with Crippen LogP contribution in [0, 0.1) is 5.82 Å². The van der Waals surface area contributed by atoms with Crippen molar-refractivity contribution in [2.45, 2.75) is 50.0 Å². The lowest BCUT2D eigenvalue weighted by molar-refractivity contribution is -0.137. The van der Waals surface area contributed by atoms with Crippen LogP contribution in [0.25, 0.3) is 0 Å². The summed E-state index contributed by atoms with van der Waals surface area (Å²) in [6.07, 6.45) is -2.17. The van der Waals surface area contributed by atoms with Crippen molar-refractivity contribution in [3.8, 4) is 0 Å². The molecule has 2 fully saturated rings. The van der Waals surface area contributed by atoms with Gasteiger partial charge in [0.05, 0.1) is 17.6 Å². The number of hydrogen-bond acceptors (Lipinski definition) is 7. The number of likely N-dealkylation sites (tertiary alicyclic amines) is 1. The number of rotatable bonds is 10. The molecule has 10 nitrogen and oxygen atoms in total. The van der Waals surface area contributed by atoms with E-state index in [1.165, 1.54) is 18.5 Å². The number of carbonyl (C=O) groups excluding carboxylic acids is 1. The third kappa shape index (κ3) is 6.79. The molecule has 0 bridgehead atoms. The van der Waals surface area contributed by atoms with Crippen LogP contribution in [-0.2, 0) is 17.5 Å². The van der Waals surface area contributed by atoms with Gasteiger partial charge in [-0.15, -0.1) is 0 Å². The Morgan fingerprint density at radius 1 is 1.16 bits per heavy atom. The zero-order valence-corrected chi connectivity index (χ0v) is 20.5. The highest BCUT2D eigenvalue weighted by Gasteiger charge is 2.38. The average molecular weight is 540 g/mol. The van der Waals surface area contributed by atoms with Crippen molar-refractivity contribution in [3.63, 3.8) is 0 Å². The lowest BCUT2D eigenvalue weighted by Gasteiger charge is -2.41. The number of anilines is 2. The maximum absolute atomic E-state index is 15.6. The molecule has 206 valence electrons. The molecule has 0 spiro atoms.